The van der Waals surface area contributed by atoms with Crippen LogP contribution in [-0.2, 0) is 101 Å². The molecule has 0 spiro atoms. The van der Waals surface area contributed by atoms with E-state index in [4.69, 9.17) is 33.8 Å². The van der Waals surface area contributed by atoms with Gasteiger partial charge in [0, 0.05) is 74.8 Å². The number of nitrogens with one attached hydrogen (secondary N) is 20. The molecule has 0 saturated carbocycles. The average molecular weight is 1890 g/mol. The lowest BCUT2D eigenvalue weighted by molar-refractivity contribution is -0.142. The molecular weight excluding hydrogens is 1760 g/mol. The van der Waals surface area contributed by atoms with Crippen LogP contribution in [0, 0.1) is 28.6 Å². The molecule has 730 valence electrons. The van der Waals surface area contributed by atoms with E-state index in [1.807, 2.05) is 0 Å². The minimum absolute atomic E-state index is 0.000236. The van der Waals surface area contributed by atoms with Crippen LogP contribution in [0.1, 0.15) is 137 Å². The molecule has 5 rings (SSSR count). The number of aromatic hydroxyl groups is 1. The number of carbonyl (C=O) groups is 17. The Balaban J connectivity index is 1.71. The molecule has 2 aliphatic rings. The van der Waals surface area contributed by atoms with Crippen molar-refractivity contribution in [1.29, 1.82) is 10.8 Å². The van der Waals surface area contributed by atoms with Crippen LogP contribution >= 0.6 is 21.6 Å². The predicted octanol–water partition coefficient (Wildman–Crippen LogP) is -7.68. The second-order valence-electron chi connectivity index (χ2n) is 33.4. The number of amides is 17. The Hall–Kier alpha value is -12.5. The van der Waals surface area contributed by atoms with E-state index in [9.17, 15) is 82.8 Å². The molecule has 0 unspecified atom stereocenters. The first kappa shape index (κ1) is 110. The summed E-state index contributed by atoms with van der Waals surface area (Å²) in [5.41, 5.74) is 23.4. The second kappa shape index (κ2) is 55.6. The molecule has 0 bridgehead atoms. The van der Waals surface area contributed by atoms with Gasteiger partial charge in [-0.1, -0.05) is 119 Å². The number of hydrogen-bond donors (Lipinski definition) is 28. The van der Waals surface area contributed by atoms with Crippen LogP contribution in [0.4, 0.5) is 0 Å². The first-order chi connectivity index (χ1) is 62.4. The lowest BCUT2D eigenvalue weighted by atomic mass is 10.0. The number of H-pyrrole nitrogens is 1. The third-order valence-electron chi connectivity index (χ3n) is 20.9. The van der Waals surface area contributed by atoms with E-state index in [1.165, 1.54) is 69.4 Å². The smallest absolute Gasteiger partial charge is 0.245 e. The quantitative estimate of drug-likeness (QED) is 0.0109. The van der Waals surface area contributed by atoms with Crippen molar-refractivity contribution in [2.75, 3.05) is 50.9 Å². The molecule has 3 aromatic rings. The second-order valence-corrected chi connectivity index (χ2v) is 36.0. The summed E-state index contributed by atoms with van der Waals surface area (Å²) in [6, 6.07) is -11.2. The Bertz CT molecular complexity index is 4420. The molecule has 3 heterocycles. The number of fused-ring (bicyclic) bond motifs is 1. The van der Waals surface area contributed by atoms with Gasteiger partial charge < -0.3 is 144 Å². The van der Waals surface area contributed by atoms with Gasteiger partial charge in [0.05, 0.1) is 38.2 Å². The predicted molar refractivity (Wildman–Crippen MR) is 485 cm³/mol. The van der Waals surface area contributed by atoms with Gasteiger partial charge in [-0.05, 0) is 99.3 Å². The molecule has 2 fully saturated rings. The van der Waals surface area contributed by atoms with Crippen LogP contribution in [-0.4, -0.2) is 301 Å². The van der Waals surface area contributed by atoms with Crippen LogP contribution < -0.4 is 113 Å². The standard InChI is InChI=1S/C83H130N26O21S2/c1-41(2)30-53-70(119)102-57(36-110)74(123)100-55(32-47-21-23-49(113)24-22-47)71(120)97-50(18-13-27-91-82(86)87)68(117)93-35-63(115)96-52(19-14-28-92-83(88)89)81(130)109-29-15-20-61(109)78(127)107-65(43(5)6)80(129)105-60(77(126)101-54(31-46-16-11-10-12-17-46)72(121)103-58(37-111)75(124)108-66(45(9)112)67(85)116)39-132-131-38-59(76(125)99-53)104-79(128)64(42(3)4)106-69(118)51(25-26-62(84)114)98-73(122)56(95-44(7)8)33-48-34-90-40-94-48/h10-12,16-17,21-24,34,40-45,50-61,64-66,95,110-113H,13-15,18-20,25-33,35-39H2,1-9H3,(H2,84,114)(H2,85,116)(H,90,94)(H,93,117)(H,96,115)(H,97,120)(H,98,122)(H,99,125)(H,100,123)(H,101,126)(H,102,119)(H,103,121)(H,104,128)(H,105,129)(H,106,118)(H,107,127)(H,108,124)(H4,86,87,91)(H4,88,89,92)/t45-,50+,51+,52+,53+,54+,55+,56+,57+,58+,59+,60+,61+,64+,65+,66+/m1/s1. The summed E-state index contributed by atoms with van der Waals surface area (Å²) in [4.78, 5) is 254. The lowest BCUT2D eigenvalue weighted by Crippen LogP contribution is -2.62. The van der Waals surface area contributed by atoms with E-state index in [0.29, 0.717) is 16.8 Å². The zero-order valence-corrected chi connectivity index (χ0v) is 76.9. The maximum atomic E-state index is 15.4. The zero-order valence-electron chi connectivity index (χ0n) is 75.3. The number of benzene rings is 2. The number of rotatable bonds is 39. The molecule has 0 aliphatic carbocycles. The van der Waals surface area contributed by atoms with Crippen LogP contribution in [0.3, 0.4) is 0 Å². The van der Waals surface area contributed by atoms with Crippen molar-refractivity contribution < 1.29 is 102 Å². The molecule has 32 N–H and O–H groups in total. The summed E-state index contributed by atoms with van der Waals surface area (Å²) in [6.45, 7) is 10.9. The number of aliphatic hydroxyl groups excluding tert-OH is 3. The fraction of sp³-hybridized carbons (Fsp3) is 0.590. The normalized spacial score (nSPS) is 21.4. The molecule has 2 aliphatic heterocycles. The van der Waals surface area contributed by atoms with Gasteiger partial charge in [-0.15, -0.1) is 0 Å². The third-order valence-corrected chi connectivity index (χ3v) is 23.4. The minimum atomic E-state index is -1.95. The largest absolute Gasteiger partial charge is 0.508 e. The van der Waals surface area contributed by atoms with Crippen LogP contribution in [0.25, 0.3) is 0 Å². The van der Waals surface area contributed by atoms with Gasteiger partial charge in [-0.2, -0.15) is 0 Å². The molecule has 16 atom stereocenters. The molecule has 1 aromatic heterocycles. The number of guanidine groups is 2. The third kappa shape index (κ3) is 37.8. The summed E-state index contributed by atoms with van der Waals surface area (Å²) < 4.78 is 0. The van der Waals surface area contributed by atoms with E-state index < -0.39 is 271 Å². The zero-order chi connectivity index (χ0) is 98.2. The molecule has 49 heteroatoms. The minimum Gasteiger partial charge on any atom is -0.508 e. The Labute approximate surface area is 771 Å². The number of carbonyl (C=O) groups excluding carboxylic acids is 17. The Morgan fingerprint density at radius 1 is 0.583 bits per heavy atom. The fourth-order valence-corrected chi connectivity index (χ4v) is 16.3. The van der Waals surface area contributed by atoms with Crippen molar-refractivity contribution in [2.45, 2.75) is 242 Å². The Morgan fingerprint density at radius 3 is 1.73 bits per heavy atom. The number of phenolic OH excluding ortho intramolecular Hbond substituents is 1. The van der Waals surface area contributed by atoms with Crippen LogP contribution in [0.5, 0.6) is 5.75 Å². The Morgan fingerprint density at radius 2 is 1.16 bits per heavy atom. The molecule has 17 amide bonds. The molecule has 2 aromatic carbocycles. The molecule has 132 heavy (non-hydrogen) atoms. The number of aromatic amines is 1. The summed E-state index contributed by atoms with van der Waals surface area (Å²) in [6.07, 6.45) is -0.497. The molecule has 47 nitrogen and oxygen atoms in total. The van der Waals surface area contributed by atoms with Crippen molar-refractivity contribution in [2.24, 2.45) is 40.7 Å². The van der Waals surface area contributed by atoms with Crippen molar-refractivity contribution in [3.05, 3.63) is 83.9 Å². The number of aromatic nitrogens is 2. The number of nitrogens with zero attached hydrogens (tertiary/aromatic N) is 2. The highest BCUT2D eigenvalue weighted by Crippen LogP contribution is 2.26. The van der Waals surface area contributed by atoms with Crippen LogP contribution in [0.2, 0.25) is 0 Å². The number of imidazole rings is 1. The van der Waals surface area contributed by atoms with E-state index >= 15 is 19.2 Å². The SMILES string of the molecule is CC(C)C[C@@H]1NC(=O)[C@@H](NC(=O)[C@@H](NC(=O)[C@H](CCC(N)=O)NC(=O)[C@H](Cc2cnc[nH]2)NC(C)C)C(C)C)CSSC[C@@H](C(=O)N[C@@H](Cc2ccccc2)C(=O)N[C@@H](CO)C(=O)N[C@H](C(N)=O)[C@@H](C)O)NC(=O)[C@H](C(C)C)NC(=O)[C@@H]2CCCN2C(=O)[C@H](CCCNC(=N)N)NC(=O)CNC(=O)[C@H](CCCNC(=N)N)NC(=O)[C@H](Cc2ccc(O)cc2)NC(=O)[C@H](CO)NC1=O. The van der Waals surface area contributed by atoms with Gasteiger partial charge in [0.1, 0.15) is 90.3 Å². The number of phenols is 1. The van der Waals surface area contributed by atoms with Crippen LogP contribution in [0.15, 0.2) is 67.1 Å². The maximum absolute atomic E-state index is 15.4. The van der Waals surface area contributed by atoms with Gasteiger partial charge in [-0.3, -0.25) is 92.3 Å². The van der Waals surface area contributed by atoms with Crippen molar-refractivity contribution in [3.63, 3.8) is 0 Å². The highest BCUT2D eigenvalue weighted by molar-refractivity contribution is 8.76. The molecule has 2 saturated heterocycles. The van der Waals surface area contributed by atoms with E-state index in [-0.39, 0.29) is 95.6 Å². The maximum Gasteiger partial charge on any atom is 0.245 e. The van der Waals surface area contributed by atoms with Gasteiger partial charge in [0.15, 0.2) is 11.9 Å². The number of hydrogen-bond acceptors (Lipinski definition) is 27. The summed E-state index contributed by atoms with van der Waals surface area (Å²) in [5.74, 6) is -21.8. The molecule has 0 radical (unpaired) electrons. The van der Waals surface area contributed by atoms with Gasteiger partial charge in [0.25, 0.3) is 0 Å². The van der Waals surface area contributed by atoms with Crippen molar-refractivity contribution >= 4 is 134 Å². The van der Waals surface area contributed by atoms with Crippen molar-refractivity contribution in [1.82, 2.24) is 105 Å². The monoisotopic (exact) mass is 1890 g/mol. The number of nitrogens with two attached hydrogens (primary N) is 4. The van der Waals surface area contributed by atoms with E-state index in [1.54, 1.807) is 58.0 Å². The van der Waals surface area contributed by atoms with Gasteiger partial charge in [0.2, 0.25) is 100 Å². The fourth-order valence-electron chi connectivity index (χ4n) is 13.9. The van der Waals surface area contributed by atoms with Gasteiger partial charge >= 0.3 is 0 Å². The number of aliphatic hydroxyl groups is 3. The van der Waals surface area contributed by atoms with E-state index in [2.05, 4.69) is 100 Å². The highest BCUT2D eigenvalue weighted by Gasteiger charge is 2.43. The summed E-state index contributed by atoms with van der Waals surface area (Å²) in [5, 5.41) is 101. The number of primary amides is 2. The van der Waals surface area contributed by atoms with E-state index in [0.717, 1.165) is 28.5 Å². The average Bonchev–Trinajstić information content (AvgIpc) is 1.69. The topological polar surface area (TPSA) is 759 Å². The molecular formula is C83H130N26O21S2. The highest BCUT2D eigenvalue weighted by atomic mass is 33.1. The first-order valence-corrected chi connectivity index (χ1v) is 45.8. The Kier molecular flexibility index (Phi) is 46.4. The first-order valence-electron chi connectivity index (χ1n) is 43.3. The lowest BCUT2D eigenvalue weighted by Gasteiger charge is -2.31. The summed E-state index contributed by atoms with van der Waals surface area (Å²) in [7, 11) is 1.53. The summed E-state index contributed by atoms with van der Waals surface area (Å²) >= 11 is 0. The van der Waals surface area contributed by atoms with Gasteiger partial charge in [-0.25, -0.2) is 4.98 Å². The van der Waals surface area contributed by atoms with Crippen molar-refractivity contribution in [3.8, 4) is 5.75 Å².